The first-order valence-electron chi connectivity index (χ1n) is 17.0. The van der Waals surface area contributed by atoms with Crippen LogP contribution in [0.15, 0.2) is 54.1 Å². The summed E-state index contributed by atoms with van der Waals surface area (Å²) in [5.74, 6) is -3.88. The zero-order valence-corrected chi connectivity index (χ0v) is 30.6. The summed E-state index contributed by atoms with van der Waals surface area (Å²) in [5, 5.41) is 18.0. The predicted molar refractivity (Wildman–Crippen MR) is 193 cm³/mol. The number of rotatable bonds is 3. The van der Waals surface area contributed by atoms with Crippen molar-refractivity contribution in [2.75, 3.05) is 4.90 Å². The van der Waals surface area contributed by atoms with Gasteiger partial charge in [-0.1, -0.05) is 41.4 Å². The number of phenols is 1. The number of thiophene rings is 1. The highest BCUT2D eigenvalue weighted by molar-refractivity contribution is 7.22. The number of halogens is 1. The van der Waals surface area contributed by atoms with Crippen molar-refractivity contribution in [1.82, 2.24) is 14.7 Å². The Bertz CT molecular complexity index is 2230. The summed E-state index contributed by atoms with van der Waals surface area (Å²) in [6.07, 6.45) is 2.61. The number of aryl methyl sites for hydroxylation is 3. The highest BCUT2D eigenvalue weighted by Crippen LogP contribution is 2.64. The van der Waals surface area contributed by atoms with E-state index in [1.807, 2.05) is 71.0 Å². The largest absolute Gasteiger partial charge is 0.507 e. The Morgan fingerprint density at radius 3 is 2.46 bits per heavy atom. The molecule has 2 aliphatic heterocycles. The maximum Gasteiger partial charge on any atom is 0.242 e. The Morgan fingerprint density at radius 2 is 1.74 bits per heavy atom. The smallest absolute Gasteiger partial charge is 0.242 e. The average molecular weight is 711 g/mol. The number of hydrogen-bond donors (Lipinski definition) is 1. The molecule has 2 aromatic carbocycles. The van der Waals surface area contributed by atoms with E-state index in [1.165, 1.54) is 9.80 Å². The summed E-state index contributed by atoms with van der Waals surface area (Å²) in [6, 6.07) is 13.0. The Kier molecular flexibility index (Phi) is 7.15. The number of phenolic OH excluding ortho intramolecular Hbond substituents is 1. The van der Waals surface area contributed by atoms with E-state index in [1.54, 1.807) is 42.1 Å². The van der Waals surface area contributed by atoms with E-state index < -0.39 is 40.5 Å². The number of nitrogens with zero attached hydrogens (tertiary/aromatic N) is 4. The standard InChI is InChI=1S/C39H39ClN4O5S/c1-18-9-8-10-23(32(18)45)31-21-12-13-22-30(36(48)44(34(22)46)38(3,4)5)25(21)16-26-35(47)43(37(49)39(26,31)6)29-17-27(41-42(29)7)33-19(2)24-15-20(40)11-14-28(24)50-33/h8-12,14-15,17,22,25-26,30-31,45H,13,16H2,1-7H3. The van der Waals surface area contributed by atoms with Gasteiger partial charge in [0, 0.05) is 39.9 Å². The van der Waals surface area contributed by atoms with Crippen molar-refractivity contribution in [3.8, 4) is 16.3 Å². The van der Waals surface area contributed by atoms with Gasteiger partial charge in [-0.25, -0.2) is 4.90 Å². The molecular formula is C39H39ClN4O5S. The fourth-order valence-electron chi connectivity index (χ4n) is 9.37. The van der Waals surface area contributed by atoms with Gasteiger partial charge in [0.15, 0.2) is 0 Å². The predicted octanol–water partition coefficient (Wildman–Crippen LogP) is 7.31. The molecule has 4 amide bonds. The van der Waals surface area contributed by atoms with Crippen molar-refractivity contribution < 1.29 is 24.3 Å². The van der Waals surface area contributed by atoms with Gasteiger partial charge < -0.3 is 5.11 Å². The molecule has 8 rings (SSSR count). The summed E-state index contributed by atoms with van der Waals surface area (Å²) in [5.41, 5.74) is 1.71. The lowest BCUT2D eigenvalue weighted by Gasteiger charge is -2.49. The zero-order valence-electron chi connectivity index (χ0n) is 29.1. The Labute approximate surface area is 299 Å². The lowest BCUT2D eigenvalue weighted by molar-refractivity contribution is -0.145. The minimum absolute atomic E-state index is 0.0631. The van der Waals surface area contributed by atoms with Gasteiger partial charge in [-0.15, -0.1) is 11.3 Å². The van der Waals surface area contributed by atoms with Gasteiger partial charge in [-0.2, -0.15) is 5.10 Å². The number of imide groups is 2. The number of benzene rings is 2. The van der Waals surface area contributed by atoms with Crippen molar-refractivity contribution in [1.29, 1.82) is 0 Å². The molecule has 0 radical (unpaired) electrons. The van der Waals surface area contributed by atoms with Crippen LogP contribution >= 0.6 is 22.9 Å². The maximum atomic E-state index is 15.0. The van der Waals surface area contributed by atoms with Crippen molar-refractivity contribution in [2.24, 2.45) is 36.1 Å². The van der Waals surface area contributed by atoms with Gasteiger partial charge >= 0.3 is 0 Å². The Hall–Kier alpha value is -4.28. The third-order valence-corrected chi connectivity index (χ3v) is 13.3. The third kappa shape index (κ3) is 4.33. The molecule has 3 fully saturated rings. The van der Waals surface area contributed by atoms with Crippen molar-refractivity contribution in [3.05, 3.63) is 75.8 Å². The maximum absolute atomic E-state index is 15.0. The zero-order chi connectivity index (χ0) is 35.8. The monoisotopic (exact) mass is 710 g/mol. The van der Waals surface area contributed by atoms with Crippen LogP contribution in [0.3, 0.4) is 0 Å². The molecule has 2 saturated heterocycles. The second kappa shape index (κ2) is 10.9. The normalized spacial score (nSPS) is 28.0. The molecule has 2 aromatic heterocycles. The number of hydrogen-bond acceptors (Lipinski definition) is 7. The number of carbonyl (C=O) groups excluding carboxylic acids is 4. The molecule has 1 N–H and O–H groups in total. The molecule has 50 heavy (non-hydrogen) atoms. The second-order valence-electron chi connectivity index (χ2n) is 15.6. The molecule has 0 bridgehead atoms. The fourth-order valence-corrected chi connectivity index (χ4v) is 10.7. The summed E-state index contributed by atoms with van der Waals surface area (Å²) >= 11 is 7.88. The molecule has 1 saturated carbocycles. The topological polar surface area (TPSA) is 113 Å². The van der Waals surface area contributed by atoms with E-state index in [-0.39, 0.29) is 35.8 Å². The summed E-state index contributed by atoms with van der Waals surface area (Å²) in [4.78, 5) is 61.2. The molecule has 4 heterocycles. The van der Waals surface area contributed by atoms with Crippen LogP contribution in [0.4, 0.5) is 5.82 Å². The molecule has 11 heteroatoms. The number of aromatic hydroxyl groups is 1. The van der Waals surface area contributed by atoms with Crippen LogP contribution in [0.1, 0.15) is 63.1 Å². The lowest BCUT2D eigenvalue weighted by Crippen LogP contribution is -2.49. The molecule has 6 atom stereocenters. The lowest BCUT2D eigenvalue weighted by atomic mass is 9.51. The van der Waals surface area contributed by atoms with Crippen LogP contribution < -0.4 is 4.90 Å². The fraction of sp³-hybridized carbons (Fsp3) is 0.410. The molecule has 4 aliphatic rings. The number of amides is 4. The van der Waals surface area contributed by atoms with Gasteiger partial charge in [0.05, 0.1) is 28.0 Å². The van der Waals surface area contributed by atoms with Gasteiger partial charge in [0.25, 0.3) is 0 Å². The number of anilines is 1. The molecule has 0 spiro atoms. The number of allylic oxidation sites excluding steroid dienone is 2. The molecule has 4 aromatic rings. The van der Waals surface area contributed by atoms with Gasteiger partial charge in [0.1, 0.15) is 17.3 Å². The van der Waals surface area contributed by atoms with E-state index in [4.69, 9.17) is 16.7 Å². The molecule has 9 nitrogen and oxygen atoms in total. The Balaban J connectivity index is 1.26. The van der Waals surface area contributed by atoms with Crippen molar-refractivity contribution >= 4 is 62.5 Å². The highest BCUT2D eigenvalue weighted by atomic mass is 35.5. The van der Waals surface area contributed by atoms with Crippen LogP contribution in [-0.2, 0) is 26.2 Å². The van der Waals surface area contributed by atoms with E-state index in [0.29, 0.717) is 34.1 Å². The quantitative estimate of drug-likeness (QED) is 0.176. The first kappa shape index (κ1) is 32.9. The van der Waals surface area contributed by atoms with Crippen LogP contribution in [0.25, 0.3) is 20.7 Å². The summed E-state index contributed by atoms with van der Waals surface area (Å²) in [7, 11) is 1.73. The van der Waals surface area contributed by atoms with Gasteiger partial charge in [-0.3, -0.25) is 28.8 Å². The van der Waals surface area contributed by atoms with E-state index in [9.17, 15) is 19.5 Å². The van der Waals surface area contributed by atoms with Crippen LogP contribution in [0.2, 0.25) is 5.02 Å². The average Bonchev–Trinajstić information content (AvgIpc) is 3.72. The van der Waals surface area contributed by atoms with E-state index >= 15 is 4.79 Å². The molecular weight excluding hydrogens is 672 g/mol. The molecule has 258 valence electrons. The van der Waals surface area contributed by atoms with E-state index in [2.05, 4.69) is 0 Å². The van der Waals surface area contributed by atoms with E-state index in [0.717, 1.165) is 26.1 Å². The highest BCUT2D eigenvalue weighted by Gasteiger charge is 2.68. The van der Waals surface area contributed by atoms with Gasteiger partial charge in [-0.05, 0) is 95.0 Å². The third-order valence-electron chi connectivity index (χ3n) is 11.7. The minimum atomic E-state index is -1.28. The van der Waals surface area contributed by atoms with Crippen molar-refractivity contribution in [2.45, 2.75) is 65.8 Å². The SMILES string of the molecule is Cc1cccc(C2C3=CCC4C(=O)N(C(C)(C)C)C(=O)C4C3CC3C(=O)N(c4cc(-c5sc6ccc(Cl)cc6c5C)nn4C)C(=O)C32C)c1O. The number of likely N-dealkylation sites (tertiary alicyclic amines) is 1. The molecule has 6 unspecified atom stereocenters. The van der Waals surface area contributed by atoms with Crippen molar-refractivity contribution in [3.63, 3.8) is 0 Å². The van der Waals surface area contributed by atoms with Crippen LogP contribution in [0, 0.1) is 42.9 Å². The van der Waals surface area contributed by atoms with Gasteiger partial charge in [0.2, 0.25) is 23.6 Å². The number of para-hydroxylation sites is 1. The Morgan fingerprint density at radius 1 is 1.00 bits per heavy atom. The number of carbonyl (C=O) groups is 4. The van der Waals surface area contributed by atoms with Crippen LogP contribution in [0.5, 0.6) is 5.75 Å². The number of fused-ring (bicyclic) bond motifs is 5. The summed E-state index contributed by atoms with van der Waals surface area (Å²) in [6.45, 7) is 11.2. The second-order valence-corrected chi connectivity index (χ2v) is 17.1. The number of aromatic nitrogens is 2. The summed E-state index contributed by atoms with van der Waals surface area (Å²) < 4.78 is 2.63. The first-order valence-corrected chi connectivity index (χ1v) is 18.2. The minimum Gasteiger partial charge on any atom is -0.507 e. The first-order chi connectivity index (χ1) is 23.5. The van der Waals surface area contributed by atoms with Crippen LogP contribution in [-0.4, -0.2) is 49.0 Å². The molecule has 2 aliphatic carbocycles.